The molecule has 0 amide bonds. The van der Waals surface area contributed by atoms with E-state index in [-0.39, 0.29) is 0 Å². The highest BCUT2D eigenvalue weighted by molar-refractivity contribution is 5.43. The lowest BCUT2D eigenvalue weighted by Crippen LogP contribution is -2.49. The zero-order valence-corrected chi connectivity index (χ0v) is 12.1. The molecular weight excluding hydrogens is 234 g/mol. The van der Waals surface area contributed by atoms with Crippen LogP contribution in [0.3, 0.4) is 0 Å². The molecule has 0 radical (unpaired) electrons. The molecule has 0 aromatic carbocycles. The standard InChI is InChI=1S/C16H25N3/c1-10(2)19-9-18-14(15(19)17)16-6-11-3-12(7-16)5-13(4-11)8-16/h9-13H,3-8,17H2,1-2H3. The van der Waals surface area contributed by atoms with Crippen molar-refractivity contribution in [3.05, 3.63) is 12.0 Å². The quantitative estimate of drug-likeness (QED) is 0.883. The van der Waals surface area contributed by atoms with Gasteiger partial charge in [-0.05, 0) is 70.1 Å². The van der Waals surface area contributed by atoms with Crippen LogP contribution in [0.4, 0.5) is 5.82 Å². The number of hydrogen-bond donors (Lipinski definition) is 1. The lowest BCUT2D eigenvalue weighted by atomic mass is 9.49. The van der Waals surface area contributed by atoms with E-state index in [0.29, 0.717) is 11.5 Å². The Morgan fingerprint density at radius 1 is 1.16 bits per heavy atom. The van der Waals surface area contributed by atoms with Crippen molar-refractivity contribution in [2.45, 2.75) is 63.8 Å². The van der Waals surface area contributed by atoms with Gasteiger partial charge in [0.15, 0.2) is 0 Å². The maximum atomic E-state index is 6.43. The second-order valence-corrected chi connectivity index (χ2v) is 7.68. The lowest BCUT2D eigenvalue weighted by Gasteiger charge is -2.56. The Morgan fingerprint density at radius 3 is 2.11 bits per heavy atom. The fourth-order valence-electron chi connectivity index (χ4n) is 5.59. The largest absolute Gasteiger partial charge is 0.384 e. The van der Waals surface area contributed by atoms with Crippen LogP contribution in [0.2, 0.25) is 0 Å². The summed E-state index contributed by atoms with van der Waals surface area (Å²) in [5.74, 6) is 3.80. The number of imidazole rings is 1. The highest BCUT2D eigenvalue weighted by Crippen LogP contribution is 2.61. The number of nitrogen functional groups attached to an aromatic ring is 1. The lowest BCUT2D eigenvalue weighted by molar-refractivity contribution is -0.00667. The molecule has 1 aromatic rings. The summed E-state index contributed by atoms with van der Waals surface area (Å²) < 4.78 is 2.15. The molecule has 104 valence electrons. The number of hydrogen-bond acceptors (Lipinski definition) is 2. The van der Waals surface area contributed by atoms with Crippen LogP contribution >= 0.6 is 0 Å². The number of anilines is 1. The van der Waals surface area contributed by atoms with E-state index in [1.165, 1.54) is 44.2 Å². The van der Waals surface area contributed by atoms with E-state index in [9.17, 15) is 0 Å². The van der Waals surface area contributed by atoms with E-state index in [1.54, 1.807) is 0 Å². The molecule has 1 aromatic heterocycles. The summed E-state index contributed by atoms with van der Waals surface area (Å²) in [6.45, 7) is 4.36. The molecule has 3 heteroatoms. The van der Waals surface area contributed by atoms with Crippen molar-refractivity contribution in [1.29, 1.82) is 0 Å². The zero-order chi connectivity index (χ0) is 13.2. The Morgan fingerprint density at radius 2 is 1.68 bits per heavy atom. The van der Waals surface area contributed by atoms with Crippen molar-refractivity contribution in [2.24, 2.45) is 17.8 Å². The molecule has 4 fully saturated rings. The maximum Gasteiger partial charge on any atom is 0.127 e. The summed E-state index contributed by atoms with van der Waals surface area (Å²) in [6, 6.07) is 0.412. The van der Waals surface area contributed by atoms with E-state index in [2.05, 4.69) is 18.4 Å². The van der Waals surface area contributed by atoms with Crippen molar-refractivity contribution in [2.75, 3.05) is 5.73 Å². The summed E-state index contributed by atoms with van der Waals surface area (Å²) in [4.78, 5) is 4.76. The van der Waals surface area contributed by atoms with Crippen molar-refractivity contribution >= 4 is 5.82 Å². The molecule has 2 N–H and O–H groups in total. The average Bonchev–Trinajstić information content (AvgIpc) is 2.69. The third-order valence-electron chi connectivity index (χ3n) is 5.93. The first-order valence-electron chi connectivity index (χ1n) is 7.90. The predicted molar refractivity (Wildman–Crippen MR) is 76.9 cm³/mol. The van der Waals surface area contributed by atoms with Crippen LogP contribution in [0.15, 0.2) is 6.33 Å². The second-order valence-electron chi connectivity index (χ2n) is 7.68. The Kier molecular flexibility index (Phi) is 2.34. The Labute approximate surface area is 115 Å². The van der Waals surface area contributed by atoms with Crippen molar-refractivity contribution in [1.82, 2.24) is 9.55 Å². The third kappa shape index (κ3) is 1.60. The van der Waals surface area contributed by atoms with E-state index in [0.717, 1.165) is 23.6 Å². The minimum absolute atomic E-state index is 0.332. The molecule has 4 aliphatic rings. The molecule has 19 heavy (non-hydrogen) atoms. The van der Waals surface area contributed by atoms with Crippen LogP contribution in [0, 0.1) is 17.8 Å². The van der Waals surface area contributed by atoms with Gasteiger partial charge in [0, 0.05) is 11.5 Å². The summed E-state index contributed by atoms with van der Waals surface area (Å²) in [7, 11) is 0. The summed E-state index contributed by atoms with van der Waals surface area (Å²) >= 11 is 0. The SMILES string of the molecule is CC(C)n1cnc(C23CC4CC(CC(C4)C2)C3)c1N. The van der Waals surface area contributed by atoms with Gasteiger partial charge in [0.1, 0.15) is 5.82 Å². The van der Waals surface area contributed by atoms with Gasteiger partial charge in [0.2, 0.25) is 0 Å². The summed E-state index contributed by atoms with van der Waals surface area (Å²) in [6.07, 6.45) is 10.4. The maximum absolute atomic E-state index is 6.43. The number of nitrogens with zero attached hydrogens (tertiary/aromatic N) is 2. The van der Waals surface area contributed by atoms with Gasteiger partial charge in [-0.2, -0.15) is 0 Å². The highest BCUT2D eigenvalue weighted by atomic mass is 15.1. The van der Waals surface area contributed by atoms with Gasteiger partial charge in [-0.3, -0.25) is 0 Å². The van der Waals surface area contributed by atoms with Crippen LogP contribution < -0.4 is 5.73 Å². The summed E-state index contributed by atoms with van der Waals surface area (Å²) in [5.41, 5.74) is 7.99. The van der Waals surface area contributed by atoms with E-state index in [1.807, 2.05) is 6.33 Å². The molecule has 3 nitrogen and oxygen atoms in total. The van der Waals surface area contributed by atoms with Gasteiger partial charge in [0.25, 0.3) is 0 Å². The minimum Gasteiger partial charge on any atom is -0.384 e. The molecule has 4 aliphatic carbocycles. The Hall–Kier alpha value is -0.990. The van der Waals surface area contributed by atoms with Gasteiger partial charge in [-0.25, -0.2) is 4.98 Å². The van der Waals surface area contributed by atoms with Crippen LogP contribution in [0.25, 0.3) is 0 Å². The van der Waals surface area contributed by atoms with Crippen molar-refractivity contribution in [3.8, 4) is 0 Å². The van der Waals surface area contributed by atoms with Gasteiger partial charge < -0.3 is 10.3 Å². The molecule has 1 heterocycles. The smallest absolute Gasteiger partial charge is 0.127 e. The van der Waals surface area contributed by atoms with E-state index < -0.39 is 0 Å². The molecular formula is C16H25N3. The first-order valence-corrected chi connectivity index (χ1v) is 7.90. The van der Waals surface area contributed by atoms with Crippen LogP contribution in [0.1, 0.15) is 64.1 Å². The second kappa shape index (κ2) is 3.77. The first kappa shape index (κ1) is 11.8. The normalized spacial score (nSPS) is 40.3. The Bertz CT molecular complexity index is 465. The average molecular weight is 259 g/mol. The Balaban J connectivity index is 1.75. The van der Waals surface area contributed by atoms with Crippen molar-refractivity contribution < 1.29 is 0 Å². The van der Waals surface area contributed by atoms with Gasteiger partial charge in [-0.1, -0.05) is 0 Å². The van der Waals surface area contributed by atoms with E-state index >= 15 is 0 Å². The van der Waals surface area contributed by atoms with Crippen LogP contribution in [0.5, 0.6) is 0 Å². The van der Waals surface area contributed by atoms with Gasteiger partial charge >= 0.3 is 0 Å². The van der Waals surface area contributed by atoms with Gasteiger partial charge in [0.05, 0.1) is 12.0 Å². The van der Waals surface area contributed by atoms with Crippen LogP contribution in [-0.2, 0) is 5.41 Å². The van der Waals surface area contributed by atoms with Gasteiger partial charge in [-0.15, -0.1) is 0 Å². The molecule has 4 saturated carbocycles. The van der Waals surface area contributed by atoms with Crippen LogP contribution in [-0.4, -0.2) is 9.55 Å². The number of nitrogens with two attached hydrogens (primary N) is 1. The topological polar surface area (TPSA) is 43.8 Å². The molecule has 5 rings (SSSR count). The summed E-state index contributed by atoms with van der Waals surface area (Å²) in [5, 5.41) is 0. The van der Waals surface area contributed by atoms with E-state index in [4.69, 9.17) is 10.7 Å². The fourth-order valence-corrected chi connectivity index (χ4v) is 5.59. The molecule has 0 unspecified atom stereocenters. The molecule has 0 spiro atoms. The monoisotopic (exact) mass is 259 g/mol. The molecule has 0 aliphatic heterocycles. The first-order chi connectivity index (χ1) is 9.07. The molecule has 0 atom stereocenters. The minimum atomic E-state index is 0.332. The molecule has 0 saturated heterocycles. The predicted octanol–water partition coefficient (Wildman–Crippen LogP) is 3.51. The molecule has 4 bridgehead atoms. The highest BCUT2D eigenvalue weighted by Gasteiger charge is 2.53. The number of rotatable bonds is 2. The number of aromatic nitrogens is 2. The zero-order valence-electron chi connectivity index (χ0n) is 12.1. The third-order valence-corrected chi connectivity index (χ3v) is 5.93. The van der Waals surface area contributed by atoms with Crippen molar-refractivity contribution in [3.63, 3.8) is 0 Å². The fraction of sp³-hybridized carbons (Fsp3) is 0.812.